The van der Waals surface area contributed by atoms with Gasteiger partial charge in [0.05, 0.1) is 11.4 Å². The Morgan fingerprint density at radius 2 is 1.64 bits per heavy atom. The predicted molar refractivity (Wildman–Crippen MR) is 99.1 cm³/mol. The Kier molecular flexibility index (Phi) is 6.53. The zero-order valence-corrected chi connectivity index (χ0v) is 17.5. The van der Waals surface area contributed by atoms with Gasteiger partial charge < -0.3 is 0 Å². The third-order valence-electron chi connectivity index (χ3n) is 4.36. The fourth-order valence-electron chi connectivity index (χ4n) is 1.99. The van der Waals surface area contributed by atoms with E-state index in [1.54, 1.807) is 24.3 Å². The smallest absolute Gasteiger partial charge is 0.294 e. The van der Waals surface area contributed by atoms with Crippen LogP contribution in [0.2, 0.25) is 18.1 Å². The SMILES string of the molecule is CN(Cc1ccc(S(N)(=O)=N[Si](C)(C)C(C)(C)C)cc1)CC(F)(F)F. The number of alkyl halides is 3. The minimum Gasteiger partial charge on any atom is -0.294 e. The fraction of sp³-hybridized carbons (Fsp3) is 0.625. The second-order valence-corrected chi connectivity index (χ2v) is 14.9. The molecule has 2 N–H and O–H groups in total. The molecule has 0 aliphatic heterocycles. The van der Waals surface area contributed by atoms with Crippen LogP contribution in [-0.2, 0) is 16.5 Å². The predicted octanol–water partition coefficient (Wildman–Crippen LogP) is 4.39. The molecule has 144 valence electrons. The average Bonchev–Trinajstić information content (AvgIpc) is 2.34. The summed E-state index contributed by atoms with van der Waals surface area (Å²) in [6, 6.07) is 6.48. The first-order valence-corrected chi connectivity index (χ1v) is 12.5. The Bertz CT molecular complexity index is 703. The molecule has 0 saturated heterocycles. The lowest BCUT2D eigenvalue weighted by Gasteiger charge is -2.32. The highest BCUT2D eigenvalue weighted by Gasteiger charge is 2.37. The van der Waals surface area contributed by atoms with Crippen molar-refractivity contribution < 1.29 is 17.4 Å². The maximum absolute atomic E-state index is 12.9. The van der Waals surface area contributed by atoms with Gasteiger partial charge in [-0.05, 0) is 42.9 Å². The molecule has 0 heterocycles. The Hall–Kier alpha value is -0.903. The summed E-state index contributed by atoms with van der Waals surface area (Å²) < 4.78 is 54.5. The number of benzene rings is 1. The standard InChI is InChI=1S/C16H28F3N3OSSi/c1-15(2,3)25(5,6)21-24(20,23)14-9-7-13(8-10-14)11-22(4)12-16(17,18)19/h7-10H,11-12H2,1-6H3,(H2,20,21,23). The van der Waals surface area contributed by atoms with E-state index in [0.29, 0.717) is 10.5 Å². The van der Waals surface area contributed by atoms with E-state index in [-0.39, 0.29) is 11.6 Å². The van der Waals surface area contributed by atoms with Crippen LogP contribution in [0.15, 0.2) is 33.2 Å². The summed E-state index contributed by atoms with van der Waals surface area (Å²) in [6.07, 6.45) is -4.23. The van der Waals surface area contributed by atoms with E-state index in [2.05, 4.69) is 24.8 Å². The van der Waals surface area contributed by atoms with Gasteiger partial charge >= 0.3 is 6.18 Å². The number of halogens is 3. The lowest BCUT2D eigenvalue weighted by atomic mass is 10.2. The minimum atomic E-state index is -4.23. The number of nitrogens with two attached hydrogens (primary N) is 1. The molecular formula is C16H28F3N3OSSi. The van der Waals surface area contributed by atoms with Crippen molar-refractivity contribution in [3.05, 3.63) is 29.8 Å². The first-order chi connectivity index (χ1) is 11.0. The Balaban J connectivity index is 3.01. The van der Waals surface area contributed by atoms with Gasteiger partial charge in [0.1, 0.15) is 9.92 Å². The van der Waals surface area contributed by atoms with Crippen LogP contribution in [0.5, 0.6) is 0 Å². The van der Waals surface area contributed by atoms with E-state index in [0.717, 1.165) is 0 Å². The fourth-order valence-corrected chi connectivity index (χ4v) is 6.75. The Morgan fingerprint density at radius 1 is 1.16 bits per heavy atom. The van der Waals surface area contributed by atoms with E-state index in [1.807, 2.05) is 13.1 Å². The third-order valence-corrected chi connectivity index (χ3v) is 11.9. The van der Waals surface area contributed by atoms with Crippen LogP contribution in [0.25, 0.3) is 0 Å². The van der Waals surface area contributed by atoms with Gasteiger partial charge in [0.2, 0.25) is 0 Å². The van der Waals surface area contributed by atoms with Crippen molar-refractivity contribution in [2.24, 2.45) is 9.17 Å². The normalized spacial score (nSPS) is 16.0. The molecule has 0 fully saturated rings. The van der Waals surface area contributed by atoms with Gasteiger partial charge in [-0.2, -0.15) is 13.2 Å². The van der Waals surface area contributed by atoms with Gasteiger partial charge in [-0.15, -0.1) is 0 Å². The molecule has 4 nitrogen and oxygen atoms in total. The molecule has 0 aromatic heterocycles. The molecule has 25 heavy (non-hydrogen) atoms. The van der Waals surface area contributed by atoms with E-state index in [4.69, 9.17) is 5.14 Å². The average molecular weight is 396 g/mol. The molecule has 1 rings (SSSR count). The highest BCUT2D eigenvalue weighted by molar-refractivity contribution is 7.92. The monoisotopic (exact) mass is 395 g/mol. The molecule has 0 amide bonds. The number of rotatable bonds is 5. The molecule has 0 aliphatic rings. The number of hydrogen-bond donors (Lipinski definition) is 1. The molecule has 0 saturated carbocycles. The first kappa shape index (κ1) is 22.1. The number of nitrogens with zero attached hydrogens (tertiary/aromatic N) is 2. The van der Waals surface area contributed by atoms with Crippen molar-refractivity contribution in [3.8, 4) is 0 Å². The van der Waals surface area contributed by atoms with Gasteiger partial charge in [-0.25, -0.2) is 9.35 Å². The van der Waals surface area contributed by atoms with Crippen LogP contribution >= 0.6 is 0 Å². The van der Waals surface area contributed by atoms with Gasteiger partial charge in [-0.1, -0.05) is 32.9 Å². The highest BCUT2D eigenvalue weighted by atomic mass is 32.2. The van der Waals surface area contributed by atoms with E-state index < -0.39 is 30.9 Å². The molecule has 1 unspecified atom stereocenters. The van der Waals surface area contributed by atoms with Crippen molar-refractivity contribution in [2.75, 3.05) is 13.6 Å². The van der Waals surface area contributed by atoms with Crippen LogP contribution < -0.4 is 5.14 Å². The van der Waals surface area contributed by atoms with Crippen LogP contribution in [0.1, 0.15) is 26.3 Å². The summed E-state index contributed by atoms with van der Waals surface area (Å²) in [5.41, 5.74) is 0.693. The second-order valence-electron chi connectivity index (χ2n) is 7.90. The van der Waals surface area contributed by atoms with E-state index >= 15 is 0 Å². The first-order valence-electron chi connectivity index (χ1n) is 7.94. The molecule has 9 heteroatoms. The molecule has 1 aromatic carbocycles. The molecule has 0 spiro atoms. The van der Waals surface area contributed by atoms with Crippen molar-refractivity contribution in [2.45, 2.75) is 56.5 Å². The van der Waals surface area contributed by atoms with E-state index in [1.165, 1.54) is 11.9 Å². The van der Waals surface area contributed by atoms with Gasteiger partial charge in [0, 0.05) is 6.54 Å². The Morgan fingerprint density at radius 3 is 2.04 bits per heavy atom. The van der Waals surface area contributed by atoms with Crippen LogP contribution in [0, 0.1) is 0 Å². The van der Waals surface area contributed by atoms with Crippen molar-refractivity contribution in [1.82, 2.24) is 4.90 Å². The summed E-state index contributed by atoms with van der Waals surface area (Å²) in [5, 5.41) is 5.90. The summed E-state index contributed by atoms with van der Waals surface area (Å²) in [5.74, 6) is 0. The maximum Gasteiger partial charge on any atom is 0.401 e. The van der Waals surface area contributed by atoms with Crippen molar-refractivity contribution >= 4 is 18.2 Å². The minimum absolute atomic E-state index is 0.0880. The summed E-state index contributed by atoms with van der Waals surface area (Å²) >= 11 is 0. The lowest BCUT2D eigenvalue weighted by Crippen LogP contribution is -2.37. The maximum atomic E-state index is 12.9. The largest absolute Gasteiger partial charge is 0.401 e. The van der Waals surface area contributed by atoms with Crippen LogP contribution in [0.3, 0.4) is 0 Å². The summed E-state index contributed by atoms with van der Waals surface area (Å²) in [6.45, 7) is 9.35. The molecule has 0 aliphatic carbocycles. The number of hydrogen-bond acceptors (Lipinski definition) is 3. The molecule has 1 atom stereocenters. The van der Waals surface area contributed by atoms with Crippen LogP contribution in [-0.4, -0.2) is 37.1 Å². The third kappa shape index (κ3) is 6.73. The molecule has 0 radical (unpaired) electrons. The zero-order chi connectivity index (χ0) is 19.7. The van der Waals surface area contributed by atoms with Crippen LogP contribution in [0.4, 0.5) is 13.2 Å². The quantitative estimate of drug-likeness (QED) is 0.752. The molecular weight excluding hydrogens is 367 g/mol. The zero-order valence-electron chi connectivity index (χ0n) is 15.6. The van der Waals surface area contributed by atoms with Crippen molar-refractivity contribution in [3.63, 3.8) is 0 Å². The lowest BCUT2D eigenvalue weighted by molar-refractivity contribution is -0.144. The summed E-state index contributed by atoms with van der Waals surface area (Å²) in [4.78, 5) is 1.58. The highest BCUT2D eigenvalue weighted by Crippen LogP contribution is 2.37. The summed E-state index contributed by atoms with van der Waals surface area (Å²) in [7, 11) is -3.83. The molecule has 1 aromatic rings. The second kappa shape index (κ2) is 7.38. The topological polar surface area (TPSA) is 58.7 Å². The van der Waals surface area contributed by atoms with Gasteiger partial charge in [-0.3, -0.25) is 8.93 Å². The molecule has 0 bridgehead atoms. The van der Waals surface area contributed by atoms with Gasteiger partial charge in [0.25, 0.3) is 0 Å². The van der Waals surface area contributed by atoms with Crippen molar-refractivity contribution in [1.29, 1.82) is 0 Å². The van der Waals surface area contributed by atoms with Gasteiger partial charge in [0.15, 0.2) is 8.24 Å². The van der Waals surface area contributed by atoms with E-state index in [9.17, 15) is 17.4 Å². The Labute approximate surface area is 150 Å².